The van der Waals surface area contributed by atoms with Crippen LogP contribution in [-0.4, -0.2) is 22.1 Å². The van der Waals surface area contributed by atoms with Crippen molar-refractivity contribution >= 4 is 11.6 Å². The number of hydrogen-bond acceptors (Lipinski definition) is 4. The second-order valence-electron chi connectivity index (χ2n) is 5.90. The monoisotopic (exact) mass is 323 g/mol. The maximum Gasteiger partial charge on any atom is 0.271 e. The number of hydrogen-bond donors (Lipinski definition) is 1. The summed E-state index contributed by atoms with van der Waals surface area (Å²) in [4.78, 5) is 16.9. The topological polar surface area (TPSA) is 64.9 Å². The summed E-state index contributed by atoms with van der Waals surface area (Å²) in [5, 5.41) is 2.97. The molecule has 3 heterocycles. The van der Waals surface area contributed by atoms with Crippen LogP contribution in [0.2, 0.25) is 0 Å². The fraction of sp³-hybridized carbons (Fsp3) is 0.222. The molecule has 6 nitrogen and oxygen atoms in total. The Hall–Kier alpha value is -3.02. The summed E-state index contributed by atoms with van der Waals surface area (Å²) in [6, 6.07) is 9.42. The van der Waals surface area contributed by atoms with Crippen LogP contribution >= 0.6 is 0 Å². The highest BCUT2D eigenvalue weighted by molar-refractivity contribution is 5.93. The van der Waals surface area contributed by atoms with Crippen LogP contribution in [0.15, 0.2) is 42.7 Å². The smallest absolute Gasteiger partial charge is 0.271 e. The lowest BCUT2D eigenvalue weighted by Gasteiger charge is -2.13. The number of fused-ring (bicyclic) bond motifs is 2. The van der Waals surface area contributed by atoms with Crippen molar-refractivity contribution in [2.24, 2.45) is 0 Å². The number of nitrogens with zero attached hydrogens (tertiary/aromatic N) is 2. The van der Waals surface area contributed by atoms with Gasteiger partial charge in [0.25, 0.3) is 5.91 Å². The average Bonchev–Trinajstić information content (AvgIpc) is 3.19. The molecule has 122 valence electrons. The first-order chi connectivity index (χ1) is 11.6. The van der Waals surface area contributed by atoms with E-state index in [-0.39, 0.29) is 18.7 Å². The number of rotatable bonds is 3. The van der Waals surface area contributed by atoms with Crippen LogP contribution in [0, 0.1) is 6.92 Å². The molecule has 1 aliphatic rings. The van der Waals surface area contributed by atoms with E-state index in [9.17, 15) is 4.79 Å². The van der Waals surface area contributed by atoms with E-state index in [1.54, 1.807) is 6.20 Å². The summed E-state index contributed by atoms with van der Waals surface area (Å²) >= 11 is 0. The molecular formula is C18H17N3O3. The highest BCUT2D eigenvalue weighted by atomic mass is 16.7. The van der Waals surface area contributed by atoms with Gasteiger partial charge in [0.2, 0.25) is 6.79 Å². The number of benzene rings is 1. The number of amides is 1. The van der Waals surface area contributed by atoms with E-state index in [2.05, 4.69) is 10.3 Å². The molecule has 0 bridgehead atoms. The van der Waals surface area contributed by atoms with Gasteiger partial charge in [0.15, 0.2) is 11.5 Å². The van der Waals surface area contributed by atoms with Crippen LogP contribution in [-0.2, 0) is 0 Å². The number of imidazole rings is 1. The SMILES string of the molecule is Cc1ccn2cc(C(=O)N[C@H](C)c3ccc4c(c3)OCO4)nc2c1. The molecule has 0 saturated heterocycles. The van der Waals surface area contributed by atoms with Gasteiger partial charge in [-0.1, -0.05) is 6.07 Å². The van der Waals surface area contributed by atoms with Gasteiger partial charge in [0.1, 0.15) is 11.3 Å². The molecule has 2 aromatic heterocycles. The molecule has 4 rings (SSSR count). The maximum atomic E-state index is 12.5. The minimum Gasteiger partial charge on any atom is -0.454 e. The van der Waals surface area contributed by atoms with Gasteiger partial charge < -0.3 is 19.2 Å². The first kappa shape index (κ1) is 14.6. The predicted octanol–water partition coefficient (Wildman–Crippen LogP) is 2.86. The van der Waals surface area contributed by atoms with Crippen molar-refractivity contribution < 1.29 is 14.3 Å². The largest absolute Gasteiger partial charge is 0.454 e. The zero-order valence-electron chi connectivity index (χ0n) is 13.4. The fourth-order valence-corrected chi connectivity index (χ4v) is 2.73. The normalized spacial score (nSPS) is 13.9. The van der Waals surface area contributed by atoms with Crippen LogP contribution in [0.3, 0.4) is 0 Å². The van der Waals surface area contributed by atoms with E-state index in [0.29, 0.717) is 11.4 Å². The van der Waals surface area contributed by atoms with Gasteiger partial charge >= 0.3 is 0 Å². The first-order valence-electron chi connectivity index (χ1n) is 7.76. The van der Waals surface area contributed by atoms with Crippen molar-refractivity contribution in [1.29, 1.82) is 0 Å². The molecular weight excluding hydrogens is 306 g/mol. The van der Waals surface area contributed by atoms with Crippen molar-refractivity contribution in [3.8, 4) is 11.5 Å². The Balaban J connectivity index is 1.54. The molecule has 1 N–H and O–H groups in total. The van der Waals surface area contributed by atoms with Gasteiger partial charge in [-0.3, -0.25) is 4.79 Å². The number of pyridine rings is 1. The van der Waals surface area contributed by atoms with E-state index in [4.69, 9.17) is 9.47 Å². The number of aryl methyl sites for hydroxylation is 1. The molecule has 3 aromatic rings. The van der Waals surface area contributed by atoms with Crippen LogP contribution in [0.25, 0.3) is 5.65 Å². The first-order valence-corrected chi connectivity index (χ1v) is 7.76. The molecule has 0 saturated carbocycles. The second-order valence-corrected chi connectivity index (χ2v) is 5.90. The minimum absolute atomic E-state index is 0.168. The van der Waals surface area contributed by atoms with Crippen LogP contribution in [0.4, 0.5) is 0 Å². The molecule has 1 aliphatic heterocycles. The van der Waals surface area contributed by atoms with Crippen molar-refractivity contribution in [3.05, 3.63) is 59.5 Å². The molecule has 0 radical (unpaired) electrons. The second kappa shape index (κ2) is 5.56. The van der Waals surface area contributed by atoms with Crippen molar-refractivity contribution in [1.82, 2.24) is 14.7 Å². The highest BCUT2D eigenvalue weighted by Gasteiger charge is 2.18. The van der Waals surface area contributed by atoms with Crippen LogP contribution < -0.4 is 14.8 Å². The summed E-state index contributed by atoms with van der Waals surface area (Å²) in [6.45, 7) is 4.16. The molecule has 0 aliphatic carbocycles. The summed E-state index contributed by atoms with van der Waals surface area (Å²) in [5.74, 6) is 1.23. The Morgan fingerprint density at radius 3 is 2.96 bits per heavy atom. The Labute approximate surface area is 139 Å². The van der Waals surface area contributed by atoms with Gasteiger partial charge in [-0.25, -0.2) is 4.98 Å². The van der Waals surface area contributed by atoms with Crippen LogP contribution in [0.5, 0.6) is 11.5 Å². The zero-order chi connectivity index (χ0) is 16.7. The third kappa shape index (κ3) is 2.56. The number of carbonyl (C=O) groups excluding carboxylic acids is 1. The van der Waals surface area contributed by atoms with E-state index in [0.717, 1.165) is 22.5 Å². The summed E-state index contributed by atoms with van der Waals surface area (Å²) in [6.07, 6.45) is 3.63. The van der Waals surface area contributed by atoms with E-state index < -0.39 is 0 Å². The predicted molar refractivity (Wildman–Crippen MR) is 88.4 cm³/mol. The molecule has 6 heteroatoms. The molecule has 0 unspecified atom stereocenters. The minimum atomic E-state index is -0.207. The number of nitrogens with one attached hydrogen (secondary N) is 1. The lowest BCUT2D eigenvalue weighted by atomic mass is 10.1. The summed E-state index contributed by atoms with van der Waals surface area (Å²) in [7, 11) is 0. The van der Waals surface area contributed by atoms with E-state index in [1.807, 2.05) is 54.8 Å². The average molecular weight is 323 g/mol. The van der Waals surface area contributed by atoms with Crippen molar-refractivity contribution in [2.45, 2.75) is 19.9 Å². The zero-order valence-corrected chi connectivity index (χ0v) is 13.4. The van der Waals surface area contributed by atoms with Gasteiger partial charge in [0, 0.05) is 12.4 Å². The Morgan fingerprint density at radius 2 is 2.08 bits per heavy atom. The van der Waals surface area contributed by atoms with E-state index in [1.165, 1.54) is 0 Å². The number of ether oxygens (including phenoxy) is 2. The lowest BCUT2D eigenvalue weighted by molar-refractivity contribution is 0.0935. The maximum absolute atomic E-state index is 12.5. The summed E-state index contributed by atoms with van der Waals surface area (Å²) < 4.78 is 12.5. The van der Waals surface area contributed by atoms with Gasteiger partial charge in [-0.15, -0.1) is 0 Å². The van der Waals surface area contributed by atoms with Gasteiger partial charge in [0.05, 0.1) is 6.04 Å². The quantitative estimate of drug-likeness (QED) is 0.805. The van der Waals surface area contributed by atoms with E-state index >= 15 is 0 Å². The van der Waals surface area contributed by atoms with Gasteiger partial charge in [-0.05, 0) is 49.2 Å². The highest BCUT2D eigenvalue weighted by Crippen LogP contribution is 2.34. The third-order valence-electron chi connectivity index (χ3n) is 4.09. The lowest BCUT2D eigenvalue weighted by Crippen LogP contribution is -2.26. The van der Waals surface area contributed by atoms with Crippen molar-refractivity contribution in [3.63, 3.8) is 0 Å². The molecule has 0 spiro atoms. The van der Waals surface area contributed by atoms with Gasteiger partial charge in [-0.2, -0.15) is 0 Å². The van der Waals surface area contributed by atoms with Crippen molar-refractivity contribution in [2.75, 3.05) is 6.79 Å². The Morgan fingerprint density at radius 1 is 1.25 bits per heavy atom. The fourth-order valence-electron chi connectivity index (χ4n) is 2.73. The Kier molecular flexibility index (Phi) is 3.37. The number of carbonyl (C=O) groups is 1. The standard InChI is InChI=1S/C18H17N3O3/c1-11-5-6-21-9-14(20-17(21)7-11)18(22)19-12(2)13-3-4-15-16(8-13)24-10-23-15/h3-9,12H,10H2,1-2H3,(H,19,22)/t12-/m1/s1. The van der Waals surface area contributed by atoms with Crippen LogP contribution in [0.1, 0.15) is 34.6 Å². The molecule has 24 heavy (non-hydrogen) atoms. The molecule has 1 amide bonds. The molecule has 1 aromatic carbocycles. The Bertz CT molecular complexity index is 932. The molecule has 0 fully saturated rings. The third-order valence-corrected chi connectivity index (χ3v) is 4.09. The molecule has 1 atom stereocenters. The summed E-state index contributed by atoms with van der Waals surface area (Å²) in [5.41, 5.74) is 3.21. The number of aromatic nitrogens is 2.